The molecule has 5 heteroatoms. The molecule has 1 aliphatic carbocycles. The van der Waals surface area contributed by atoms with Crippen LogP contribution in [0.1, 0.15) is 39.2 Å². The number of para-hydroxylation sites is 2. The minimum absolute atomic E-state index is 0.0368. The largest absolute Gasteiger partial charge is 0.357 e. The van der Waals surface area contributed by atoms with Gasteiger partial charge in [-0.25, -0.2) is 0 Å². The molecular weight excluding hydrogens is 386 g/mol. The van der Waals surface area contributed by atoms with E-state index in [1.165, 1.54) is 5.56 Å². The summed E-state index contributed by atoms with van der Waals surface area (Å²) in [5, 5.41) is 6.58. The van der Waals surface area contributed by atoms with E-state index < -0.39 is 0 Å². The molecule has 2 aliphatic rings. The fourth-order valence-electron chi connectivity index (χ4n) is 4.71. The van der Waals surface area contributed by atoms with Crippen LogP contribution in [0.4, 0.5) is 11.4 Å². The Hall–Kier alpha value is -3.08. The van der Waals surface area contributed by atoms with Crippen molar-refractivity contribution >= 4 is 23.1 Å². The summed E-state index contributed by atoms with van der Waals surface area (Å²) >= 11 is 0. The highest BCUT2D eigenvalue weighted by molar-refractivity contribution is 6.01. The first-order valence-corrected chi connectivity index (χ1v) is 11.0. The van der Waals surface area contributed by atoms with E-state index in [4.69, 9.17) is 0 Å². The summed E-state index contributed by atoms with van der Waals surface area (Å²) in [6.07, 6.45) is 2.15. The number of Topliss-reactive ketones (excluding diaryl/α,β-unsaturated/α-hetero) is 1. The van der Waals surface area contributed by atoms with Crippen LogP contribution in [-0.4, -0.2) is 30.8 Å². The summed E-state index contributed by atoms with van der Waals surface area (Å²) in [5.74, 6) is 0.138. The van der Waals surface area contributed by atoms with Gasteiger partial charge < -0.3 is 15.5 Å². The number of fused-ring (bicyclic) bond motifs is 1. The van der Waals surface area contributed by atoms with Crippen LogP contribution in [0.5, 0.6) is 0 Å². The van der Waals surface area contributed by atoms with Crippen LogP contribution in [0.2, 0.25) is 0 Å². The Kier molecular flexibility index (Phi) is 5.86. The van der Waals surface area contributed by atoms with Crippen molar-refractivity contribution in [1.82, 2.24) is 5.32 Å². The highest BCUT2D eigenvalue weighted by Gasteiger charge is 2.39. The molecule has 162 valence electrons. The number of nitrogens with zero attached hydrogens (tertiary/aromatic N) is 1. The van der Waals surface area contributed by atoms with Crippen molar-refractivity contribution in [2.45, 2.75) is 46.1 Å². The molecule has 2 aromatic rings. The lowest BCUT2D eigenvalue weighted by Gasteiger charge is -2.36. The maximum Gasteiger partial charge on any atom is 0.239 e. The van der Waals surface area contributed by atoms with Gasteiger partial charge in [-0.2, -0.15) is 0 Å². The quantitative estimate of drug-likeness (QED) is 0.761. The number of ketones is 1. The van der Waals surface area contributed by atoms with E-state index >= 15 is 0 Å². The molecule has 1 atom stereocenters. The summed E-state index contributed by atoms with van der Waals surface area (Å²) in [6.45, 7) is 7.10. The van der Waals surface area contributed by atoms with E-state index in [1.54, 1.807) is 0 Å². The van der Waals surface area contributed by atoms with Gasteiger partial charge in [-0.3, -0.25) is 9.59 Å². The Morgan fingerprint density at radius 2 is 1.81 bits per heavy atom. The molecule has 0 fully saturated rings. The lowest BCUT2D eigenvalue weighted by Crippen LogP contribution is -2.45. The number of anilines is 2. The number of rotatable bonds is 5. The molecule has 1 heterocycles. The van der Waals surface area contributed by atoms with Gasteiger partial charge >= 0.3 is 0 Å². The molecule has 31 heavy (non-hydrogen) atoms. The molecule has 5 nitrogen and oxygen atoms in total. The Labute approximate surface area is 184 Å². The van der Waals surface area contributed by atoms with E-state index in [0.29, 0.717) is 13.0 Å². The SMILES string of the molecule is CC1C2=C(CC(C)(C)CC2=O)Nc2ccccc2N1CC(=O)NCCc1ccccc1. The lowest BCUT2D eigenvalue weighted by atomic mass is 9.74. The molecule has 1 amide bonds. The van der Waals surface area contributed by atoms with Gasteiger partial charge in [0, 0.05) is 24.2 Å². The Bertz CT molecular complexity index is 1010. The van der Waals surface area contributed by atoms with Gasteiger partial charge in [-0.1, -0.05) is 56.3 Å². The number of allylic oxidation sites excluding steroid dienone is 1. The third-order valence-electron chi connectivity index (χ3n) is 6.20. The first-order chi connectivity index (χ1) is 14.8. The molecule has 1 aliphatic heterocycles. The van der Waals surface area contributed by atoms with Gasteiger partial charge in [-0.05, 0) is 42.9 Å². The van der Waals surface area contributed by atoms with E-state index in [-0.39, 0.29) is 29.7 Å². The van der Waals surface area contributed by atoms with Gasteiger partial charge in [0.25, 0.3) is 0 Å². The summed E-state index contributed by atoms with van der Waals surface area (Å²) in [4.78, 5) is 28.0. The van der Waals surface area contributed by atoms with Crippen molar-refractivity contribution in [3.05, 3.63) is 71.4 Å². The van der Waals surface area contributed by atoms with E-state index in [2.05, 4.69) is 41.5 Å². The van der Waals surface area contributed by atoms with Crippen molar-refractivity contribution in [3.63, 3.8) is 0 Å². The van der Waals surface area contributed by atoms with Gasteiger partial charge in [0.1, 0.15) is 0 Å². The first-order valence-electron chi connectivity index (χ1n) is 11.0. The predicted octanol–water partition coefficient (Wildman–Crippen LogP) is 4.31. The zero-order valence-electron chi connectivity index (χ0n) is 18.6. The second-order valence-corrected chi connectivity index (χ2v) is 9.36. The minimum Gasteiger partial charge on any atom is -0.357 e. The van der Waals surface area contributed by atoms with Crippen molar-refractivity contribution < 1.29 is 9.59 Å². The molecule has 0 saturated heterocycles. The van der Waals surface area contributed by atoms with Crippen molar-refractivity contribution in [2.75, 3.05) is 23.3 Å². The summed E-state index contributed by atoms with van der Waals surface area (Å²) in [5.41, 5.74) is 4.84. The third-order valence-corrected chi connectivity index (χ3v) is 6.20. The molecule has 0 bridgehead atoms. The summed E-state index contributed by atoms with van der Waals surface area (Å²) in [7, 11) is 0. The zero-order valence-corrected chi connectivity index (χ0v) is 18.6. The highest BCUT2D eigenvalue weighted by Crippen LogP contribution is 2.43. The smallest absolute Gasteiger partial charge is 0.239 e. The molecule has 0 radical (unpaired) electrons. The van der Waals surface area contributed by atoms with E-state index in [0.717, 1.165) is 35.5 Å². The normalized spacial score (nSPS) is 19.8. The van der Waals surface area contributed by atoms with Crippen LogP contribution < -0.4 is 15.5 Å². The van der Waals surface area contributed by atoms with E-state index in [1.807, 2.05) is 49.4 Å². The van der Waals surface area contributed by atoms with Crippen LogP contribution in [-0.2, 0) is 16.0 Å². The average Bonchev–Trinajstić information content (AvgIpc) is 2.82. The number of hydrogen-bond donors (Lipinski definition) is 2. The van der Waals surface area contributed by atoms with Gasteiger partial charge in [0.2, 0.25) is 5.91 Å². The molecule has 2 N–H and O–H groups in total. The molecule has 4 rings (SSSR count). The van der Waals surface area contributed by atoms with Crippen LogP contribution in [0, 0.1) is 5.41 Å². The zero-order chi connectivity index (χ0) is 22.0. The van der Waals surface area contributed by atoms with Gasteiger partial charge in [0.05, 0.1) is 24.0 Å². The van der Waals surface area contributed by atoms with Crippen molar-refractivity contribution in [1.29, 1.82) is 0 Å². The maximum atomic E-state index is 13.1. The van der Waals surface area contributed by atoms with Crippen LogP contribution in [0.25, 0.3) is 0 Å². The van der Waals surface area contributed by atoms with E-state index in [9.17, 15) is 9.59 Å². The fourth-order valence-corrected chi connectivity index (χ4v) is 4.71. The highest BCUT2D eigenvalue weighted by atomic mass is 16.2. The topological polar surface area (TPSA) is 61.4 Å². The Balaban J connectivity index is 1.54. The number of benzene rings is 2. The average molecular weight is 418 g/mol. The first kappa shape index (κ1) is 21.2. The molecule has 0 saturated carbocycles. The predicted molar refractivity (Wildman–Crippen MR) is 125 cm³/mol. The monoisotopic (exact) mass is 417 g/mol. The number of amides is 1. The number of nitrogens with one attached hydrogen (secondary N) is 2. The minimum atomic E-state index is -0.172. The fraction of sp³-hybridized carbons (Fsp3) is 0.385. The van der Waals surface area contributed by atoms with Crippen LogP contribution in [0.15, 0.2) is 65.9 Å². The standard InChI is InChI=1S/C26H31N3O2/c1-18-25-21(15-26(2,3)16-23(25)30)28-20-11-7-8-12-22(20)29(18)17-24(31)27-14-13-19-9-5-4-6-10-19/h4-12,18,28H,13-17H2,1-3H3,(H,27,31). The van der Waals surface area contributed by atoms with Gasteiger partial charge in [0.15, 0.2) is 5.78 Å². The Morgan fingerprint density at radius 1 is 1.10 bits per heavy atom. The summed E-state index contributed by atoms with van der Waals surface area (Å²) in [6, 6.07) is 18.0. The third kappa shape index (κ3) is 4.66. The molecule has 1 unspecified atom stereocenters. The second-order valence-electron chi connectivity index (χ2n) is 9.36. The lowest BCUT2D eigenvalue weighted by molar-refractivity contribution is -0.120. The molecule has 0 spiro atoms. The number of carbonyl (C=O) groups is 2. The maximum absolute atomic E-state index is 13.1. The van der Waals surface area contributed by atoms with Gasteiger partial charge in [-0.15, -0.1) is 0 Å². The number of hydrogen-bond acceptors (Lipinski definition) is 4. The van der Waals surface area contributed by atoms with Crippen molar-refractivity contribution in [3.8, 4) is 0 Å². The molecule has 2 aromatic carbocycles. The number of carbonyl (C=O) groups excluding carboxylic acids is 2. The Morgan fingerprint density at radius 3 is 2.58 bits per heavy atom. The van der Waals surface area contributed by atoms with Crippen LogP contribution in [0.3, 0.4) is 0 Å². The van der Waals surface area contributed by atoms with Crippen LogP contribution >= 0.6 is 0 Å². The van der Waals surface area contributed by atoms with Crippen molar-refractivity contribution in [2.24, 2.45) is 5.41 Å². The summed E-state index contributed by atoms with van der Waals surface area (Å²) < 4.78 is 0. The molecular formula is C26H31N3O2. The second kappa shape index (κ2) is 8.58. The molecule has 0 aromatic heterocycles.